The van der Waals surface area contributed by atoms with Crippen molar-refractivity contribution in [2.45, 2.75) is 38.1 Å². The van der Waals surface area contributed by atoms with Gasteiger partial charge in [0.1, 0.15) is 0 Å². The molecule has 0 aromatic heterocycles. The molecule has 1 unspecified atom stereocenters. The lowest BCUT2D eigenvalue weighted by Crippen LogP contribution is -2.57. The minimum absolute atomic E-state index is 0.00971. The molecule has 1 atom stereocenters. The van der Waals surface area contributed by atoms with Crippen molar-refractivity contribution in [2.75, 3.05) is 66.0 Å². The van der Waals surface area contributed by atoms with Crippen molar-refractivity contribution in [1.82, 2.24) is 23.3 Å². The van der Waals surface area contributed by atoms with Gasteiger partial charge in [0.05, 0.1) is 5.92 Å². The number of piperazine rings is 2. The van der Waals surface area contributed by atoms with Crippen LogP contribution in [0.3, 0.4) is 0 Å². The van der Waals surface area contributed by atoms with E-state index in [1.165, 1.54) is 4.31 Å². The Labute approximate surface area is 173 Å². The standard InChI is InChI=1S/C19H33N5O4S/c1-20-6-10-22(11-7-20)29(27,28)23-12-8-21(9-13-23)19(26)16-14-18(25)24(15-16)17-4-2-3-5-17/h16-17H,2-15H2,1H3. The molecule has 4 aliphatic rings. The van der Waals surface area contributed by atoms with Crippen LogP contribution in [-0.4, -0.2) is 116 Å². The molecule has 0 N–H and O–H groups in total. The summed E-state index contributed by atoms with van der Waals surface area (Å²) in [6.45, 7) is 4.50. The fraction of sp³-hybridized carbons (Fsp3) is 0.895. The molecule has 0 aromatic carbocycles. The van der Waals surface area contributed by atoms with Gasteiger partial charge in [-0.1, -0.05) is 12.8 Å². The van der Waals surface area contributed by atoms with Gasteiger partial charge in [-0.2, -0.15) is 17.0 Å². The summed E-state index contributed by atoms with van der Waals surface area (Å²) < 4.78 is 28.8. The molecule has 4 fully saturated rings. The van der Waals surface area contributed by atoms with E-state index in [1.54, 1.807) is 9.21 Å². The fourth-order valence-corrected chi connectivity index (χ4v) is 6.62. The monoisotopic (exact) mass is 427 g/mol. The number of amides is 2. The van der Waals surface area contributed by atoms with E-state index in [1.807, 2.05) is 11.9 Å². The molecule has 10 heteroatoms. The molecule has 0 bridgehead atoms. The lowest BCUT2D eigenvalue weighted by molar-refractivity contribution is -0.137. The number of nitrogens with zero attached hydrogens (tertiary/aromatic N) is 5. The maximum atomic E-state index is 13.0. The first-order valence-electron chi connectivity index (χ1n) is 10.9. The van der Waals surface area contributed by atoms with Crippen molar-refractivity contribution >= 4 is 22.0 Å². The number of rotatable bonds is 4. The van der Waals surface area contributed by atoms with E-state index in [2.05, 4.69) is 4.90 Å². The summed E-state index contributed by atoms with van der Waals surface area (Å²) in [4.78, 5) is 31.2. The molecule has 1 saturated carbocycles. The van der Waals surface area contributed by atoms with Crippen molar-refractivity contribution in [3.8, 4) is 0 Å². The van der Waals surface area contributed by atoms with E-state index in [0.29, 0.717) is 58.3 Å². The maximum Gasteiger partial charge on any atom is 0.282 e. The van der Waals surface area contributed by atoms with Crippen LogP contribution in [0, 0.1) is 5.92 Å². The Morgan fingerprint density at radius 1 is 0.897 bits per heavy atom. The molecule has 9 nitrogen and oxygen atoms in total. The average molecular weight is 428 g/mol. The number of hydrogen-bond acceptors (Lipinski definition) is 5. The van der Waals surface area contributed by atoms with Crippen molar-refractivity contribution < 1.29 is 18.0 Å². The predicted molar refractivity (Wildman–Crippen MR) is 108 cm³/mol. The highest BCUT2D eigenvalue weighted by Crippen LogP contribution is 2.30. The Morgan fingerprint density at radius 3 is 2.03 bits per heavy atom. The Balaban J connectivity index is 1.30. The molecule has 2 amide bonds. The summed E-state index contributed by atoms with van der Waals surface area (Å²) in [6, 6.07) is 0.311. The van der Waals surface area contributed by atoms with Crippen molar-refractivity contribution in [3.05, 3.63) is 0 Å². The Hall–Kier alpha value is -1.23. The highest BCUT2D eigenvalue weighted by Gasteiger charge is 2.41. The predicted octanol–water partition coefficient (Wildman–Crippen LogP) is -0.586. The molecular formula is C19H33N5O4S. The third-order valence-electron chi connectivity index (χ3n) is 6.94. The van der Waals surface area contributed by atoms with Gasteiger partial charge in [-0.05, 0) is 19.9 Å². The van der Waals surface area contributed by atoms with Crippen LogP contribution in [0.4, 0.5) is 0 Å². The van der Waals surface area contributed by atoms with Crippen molar-refractivity contribution in [1.29, 1.82) is 0 Å². The number of likely N-dealkylation sites (N-methyl/N-ethyl adjacent to an activating group) is 1. The van der Waals surface area contributed by atoms with Crippen LogP contribution in [-0.2, 0) is 19.8 Å². The number of hydrogen-bond donors (Lipinski definition) is 0. The van der Waals surface area contributed by atoms with Gasteiger partial charge in [0.15, 0.2) is 0 Å². The Kier molecular flexibility index (Phi) is 6.15. The second-order valence-corrected chi connectivity index (χ2v) is 10.7. The van der Waals surface area contributed by atoms with Gasteiger partial charge in [0.2, 0.25) is 11.8 Å². The lowest BCUT2D eigenvalue weighted by atomic mass is 10.1. The molecule has 3 saturated heterocycles. The first-order chi connectivity index (χ1) is 13.9. The molecule has 0 spiro atoms. The second-order valence-electron chi connectivity index (χ2n) is 8.82. The van der Waals surface area contributed by atoms with Gasteiger partial charge in [-0.15, -0.1) is 0 Å². The minimum Gasteiger partial charge on any atom is -0.340 e. The Morgan fingerprint density at radius 2 is 1.45 bits per heavy atom. The summed E-state index contributed by atoms with van der Waals surface area (Å²) >= 11 is 0. The minimum atomic E-state index is -3.47. The van der Waals surface area contributed by atoms with Crippen molar-refractivity contribution in [2.24, 2.45) is 5.92 Å². The van der Waals surface area contributed by atoms with E-state index >= 15 is 0 Å². The molecule has 1 aliphatic carbocycles. The fourth-order valence-electron chi connectivity index (χ4n) is 5.05. The van der Waals surface area contributed by atoms with Gasteiger partial charge in [-0.25, -0.2) is 0 Å². The third-order valence-corrected chi connectivity index (χ3v) is 8.97. The van der Waals surface area contributed by atoms with Crippen LogP contribution in [0.2, 0.25) is 0 Å². The van der Waals surface area contributed by atoms with Crippen LogP contribution in [0.25, 0.3) is 0 Å². The van der Waals surface area contributed by atoms with Crippen LogP contribution in [0.15, 0.2) is 0 Å². The SMILES string of the molecule is CN1CCN(S(=O)(=O)N2CCN(C(=O)C3CC(=O)N(C4CCCC4)C3)CC2)CC1. The average Bonchev–Trinajstić information content (AvgIpc) is 3.37. The molecule has 29 heavy (non-hydrogen) atoms. The van der Waals surface area contributed by atoms with E-state index in [9.17, 15) is 18.0 Å². The van der Waals surface area contributed by atoms with Gasteiger partial charge >= 0.3 is 0 Å². The topological polar surface area (TPSA) is 84.5 Å². The summed E-state index contributed by atoms with van der Waals surface area (Å²) in [5, 5.41) is 0. The summed E-state index contributed by atoms with van der Waals surface area (Å²) in [6.07, 6.45) is 4.73. The summed E-state index contributed by atoms with van der Waals surface area (Å²) in [5.74, 6) is -0.161. The van der Waals surface area contributed by atoms with Gasteiger partial charge in [0, 0.05) is 71.4 Å². The maximum absolute atomic E-state index is 13.0. The van der Waals surface area contributed by atoms with E-state index < -0.39 is 10.2 Å². The second kappa shape index (κ2) is 8.49. The highest BCUT2D eigenvalue weighted by atomic mass is 32.2. The number of carbonyl (C=O) groups excluding carboxylic acids is 2. The zero-order valence-electron chi connectivity index (χ0n) is 17.3. The molecule has 0 aromatic rings. The largest absolute Gasteiger partial charge is 0.340 e. The third kappa shape index (κ3) is 4.30. The highest BCUT2D eigenvalue weighted by molar-refractivity contribution is 7.86. The number of carbonyl (C=O) groups is 2. The smallest absolute Gasteiger partial charge is 0.282 e. The summed E-state index contributed by atoms with van der Waals surface area (Å²) in [5.41, 5.74) is 0. The summed E-state index contributed by atoms with van der Waals surface area (Å²) in [7, 11) is -1.47. The molecule has 164 valence electrons. The first-order valence-corrected chi connectivity index (χ1v) is 12.3. The van der Waals surface area contributed by atoms with E-state index in [4.69, 9.17) is 0 Å². The van der Waals surface area contributed by atoms with Gasteiger partial charge < -0.3 is 14.7 Å². The molecule has 0 radical (unpaired) electrons. The van der Waals surface area contributed by atoms with Crippen LogP contribution in [0.1, 0.15) is 32.1 Å². The lowest BCUT2D eigenvalue weighted by Gasteiger charge is -2.39. The zero-order valence-corrected chi connectivity index (χ0v) is 18.1. The normalized spacial score (nSPS) is 29.1. The molecule has 3 heterocycles. The van der Waals surface area contributed by atoms with Crippen LogP contribution >= 0.6 is 0 Å². The Bertz CT molecular complexity index is 723. The van der Waals surface area contributed by atoms with Crippen LogP contribution in [0.5, 0.6) is 0 Å². The zero-order chi connectivity index (χ0) is 20.6. The molecule has 3 aliphatic heterocycles. The van der Waals surface area contributed by atoms with Crippen LogP contribution < -0.4 is 0 Å². The quantitative estimate of drug-likeness (QED) is 0.599. The van der Waals surface area contributed by atoms with Gasteiger partial charge in [-0.3, -0.25) is 9.59 Å². The van der Waals surface area contributed by atoms with Gasteiger partial charge in [0.25, 0.3) is 10.2 Å². The molecule has 4 rings (SSSR count). The van der Waals surface area contributed by atoms with E-state index in [-0.39, 0.29) is 17.7 Å². The first kappa shape index (κ1) is 21.0. The van der Waals surface area contributed by atoms with E-state index in [0.717, 1.165) is 38.8 Å². The number of likely N-dealkylation sites (tertiary alicyclic amines) is 1. The van der Waals surface area contributed by atoms with Crippen molar-refractivity contribution in [3.63, 3.8) is 0 Å². The molecular weight excluding hydrogens is 394 g/mol.